The number of nitrogens with one attached hydrogen (secondary N) is 1. The van der Waals surface area contributed by atoms with Crippen molar-refractivity contribution in [2.45, 2.75) is 11.7 Å². The molecule has 0 unspecified atom stereocenters. The minimum atomic E-state index is -0.152. The van der Waals surface area contributed by atoms with Gasteiger partial charge in [-0.2, -0.15) is 8.75 Å². The monoisotopic (exact) mass is 486 g/mol. The lowest BCUT2D eigenvalue weighted by Crippen LogP contribution is -2.14. The molecule has 146 valence electrons. The Labute approximate surface area is 183 Å². The molecule has 10 heteroatoms. The molecule has 2 aromatic carbocycles. The third-order valence-corrected chi connectivity index (χ3v) is 5.86. The molecule has 0 spiro atoms. The number of carbonyl (C=O) groups excluding carboxylic acids is 1. The highest BCUT2D eigenvalue weighted by Gasteiger charge is 2.14. The van der Waals surface area contributed by atoms with Crippen LogP contribution >= 0.6 is 39.4 Å². The lowest BCUT2D eigenvalue weighted by Gasteiger charge is -2.04. The Kier molecular flexibility index (Phi) is 6.02. The van der Waals surface area contributed by atoms with Gasteiger partial charge in [-0.3, -0.25) is 4.79 Å². The molecule has 0 aliphatic heterocycles. The fourth-order valence-corrected chi connectivity index (χ4v) is 4.12. The van der Waals surface area contributed by atoms with E-state index < -0.39 is 0 Å². The van der Waals surface area contributed by atoms with Crippen LogP contribution in [0.4, 0.5) is 5.69 Å². The summed E-state index contributed by atoms with van der Waals surface area (Å²) >= 11 is 5.84. The summed E-state index contributed by atoms with van der Waals surface area (Å²) < 4.78 is 11.2. The van der Waals surface area contributed by atoms with Crippen LogP contribution in [0, 0.1) is 0 Å². The Bertz CT molecular complexity index is 1170. The molecule has 0 radical (unpaired) electrons. The van der Waals surface area contributed by atoms with Crippen molar-refractivity contribution in [3.8, 4) is 11.4 Å². The van der Waals surface area contributed by atoms with E-state index in [0.717, 1.165) is 33.1 Å². The molecule has 7 nitrogen and oxygen atoms in total. The van der Waals surface area contributed by atoms with Crippen molar-refractivity contribution in [1.82, 2.24) is 23.5 Å². The van der Waals surface area contributed by atoms with Gasteiger partial charge in [-0.15, -0.1) is 11.7 Å². The number of rotatable bonds is 7. The Hall–Kier alpha value is -2.56. The molecule has 0 aliphatic carbocycles. The average Bonchev–Trinajstić information content (AvgIpc) is 3.35. The SMILES string of the molecule is C=CCn1nc(SCC(=O)Nc2cccc3nsnc23)nc1-c1ccc(Br)cc1. The summed E-state index contributed by atoms with van der Waals surface area (Å²) in [5.74, 6) is 0.769. The van der Waals surface area contributed by atoms with Crippen molar-refractivity contribution in [2.24, 2.45) is 0 Å². The molecule has 2 aromatic heterocycles. The van der Waals surface area contributed by atoms with Gasteiger partial charge in [0.25, 0.3) is 0 Å². The maximum atomic E-state index is 12.4. The molecule has 1 amide bonds. The van der Waals surface area contributed by atoms with Gasteiger partial charge in [0.15, 0.2) is 5.82 Å². The Morgan fingerprint density at radius 3 is 2.86 bits per heavy atom. The third kappa shape index (κ3) is 4.55. The number of halogens is 1. The van der Waals surface area contributed by atoms with E-state index in [4.69, 9.17) is 0 Å². The average molecular weight is 487 g/mol. The molecule has 0 aliphatic rings. The first kappa shape index (κ1) is 19.7. The molecule has 0 saturated heterocycles. The predicted molar refractivity (Wildman–Crippen MR) is 120 cm³/mol. The van der Waals surface area contributed by atoms with Crippen molar-refractivity contribution in [3.05, 3.63) is 59.6 Å². The summed E-state index contributed by atoms with van der Waals surface area (Å²) in [4.78, 5) is 17.0. The number of nitrogens with zero attached hydrogens (tertiary/aromatic N) is 5. The summed E-state index contributed by atoms with van der Waals surface area (Å²) in [6.07, 6.45) is 1.76. The number of thioether (sulfide) groups is 1. The highest BCUT2D eigenvalue weighted by molar-refractivity contribution is 9.10. The van der Waals surface area contributed by atoms with Crippen LogP contribution in [0.15, 0.2) is 64.7 Å². The number of carbonyl (C=O) groups is 1. The van der Waals surface area contributed by atoms with E-state index in [2.05, 4.69) is 46.7 Å². The van der Waals surface area contributed by atoms with Crippen molar-refractivity contribution in [2.75, 3.05) is 11.1 Å². The van der Waals surface area contributed by atoms with Gasteiger partial charge in [-0.25, -0.2) is 9.67 Å². The fourth-order valence-electron chi connectivity index (χ4n) is 2.67. The summed E-state index contributed by atoms with van der Waals surface area (Å²) in [6.45, 7) is 4.31. The van der Waals surface area contributed by atoms with Gasteiger partial charge >= 0.3 is 0 Å². The first-order valence-corrected chi connectivity index (χ1v) is 11.1. The van der Waals surface area contributed by atoms with E-state index in [1.54, 1.807) is 10.8 Å². The number of allylic oxidation sites excluding steroid dienone is 1. The standard InChI is InChI=1S/C19H15BrN6OS2/c1-2-10-26-18(12-6-8-13(20)9-7-12)22-19(23-26)28-11-16(27)21-14-4-3-5-15-17(14)25-29-24-15/h2-9H,1,10-11H2,(H,21,27). The molecular formula is C19H15BrN6OS2. The predicted octanol–water partition coefficient (Wildman–Crippen LogP) is 4.63. The van der Waals surface area contributed by atoms with E-state index in [1.807, 2.05) is 42.5 Å². The minimum absolute atomic E-state index is 0.152. The van der Waals surface area contributed by atoms with Crippen LogP contribution in [0.25, 0.3) is 22.4 Å². The van der Waals surface area contributed by atoms with E-state index in [9.17, 15) is 4.79 Å². The number of anilines is 1. The van der Waals surface area contributed by atoms with Crippen LogP contribution in [-0.2, 0) is 11.3 Å². The van der Waals surface area contributed by atoms with Gasteiger partial charge < -0.3 is 5.32 Å². The second kappa shape index (κ2) is 8.85. The fraction of sp³-hybridized carbons (Fsp3) is 0.105. The van der Waals surface area contributed by atoms with E-state index in [0.29, 0.717) is 22.9 Å². The number of benzene rings is 2. The summed E-state index contributed by atoms with van der Waals surface area (Å²) in [5.41, 5.74) is 3.07. The highest BCUT2D eigenvalue weighted by atomic mass is 79.9. The first-order chi connectivity index (χ1) is 14.1. The summed E-state index contributed by atoms with van der Waals surface area (Å²) in [6, 6.07) is 13.4. The van der Waals surface area contributed by atoms with Crippen molar-refractivity contribution in [1.29, 1.82) is 0 Å². The van der Waals surface area contributed by atoms with Crippen LogP contribution in [0.3, 0.4) is 0 Å². The van der Waals surface area contributed by atoms with Crippen LogP contribution in [-0.4, -0.2) is 35.2 Å². The second-order valence-electron chi connectivity index (χ2n) is 5.97. The van der Waals surface area contributed by atoms with Crippen molar-refractivity contribution >= 4 is 62.0 Å². The van der Waals surface area contributed by atoms with Gasteiger partial charge in [-0.1, -0.05) is 52.0 Å². The van der Waals surface area contributed by atoms with Gasteiger partial charge in [0.1, 0.15) is 11.0 Å². The molecule has 2 heterocycles. The summed E-state index contributed by atoms with van der Waals surface area (Å²) in [7, 11) is 0. The van der Waals surface area contributed by atoms with Gasteiger partial charge in [0.05, 0.1) is 29.7 Å². The minimum Gasteiger partial charge on any atom is -0.323 e. The summed E-state index contributed by atoms with van der Waals surface area (Å²) in [5, 5.41) is 7.93. The van der Waals surface area contributed by atoms with Crippen LogP contribution in [0.5, 0.6) is 0 Å². The van der Waals surface area contributed by atoms with Crippen LogP contribution in [0.2, 0.25) is 0 Å². The number of amides is 1. The maximum absolute atomic E-state index is 12.4. The number of aromatic nitrogens is 5. The zero-order valence-corrected chi connectivity index (χ0v) is 18.3. The first-order valence-electron chi connectivity index (χ1n) is 8.59. The molecule has 29 heavy (non-hydrogen) atoms. The number of hydrogen-bond donors (Lipinski definition) is 1. The smallest absolute Gasteiger partial charge is 0.234 e. The molecule has 0 bridgehead atoms. The highest BCUT2D eigenvalue weighted by Crippen LogP contribution is 2.25. The largest absolute Gasteiger partial charge is 0.323 e. The topological polar surface area (TPSA) is 85.6 Å². The second-order valence-corrected chi connectivity index (χ2v) is 8.36. The zero-order valence-electron chi connectivity index (χ0n) is 15.1. The third-order valence-electron chi connectivity index (χ3n) is 3.95. The Morgan fingerprint density at radius 2 is 2.07 bits per heavy atom. The molecule has 0 saturated carbocycles. The lowest BCUT2D eigenvalue weighted by molar-refractivity contribution is -0.113. The normalized spacial score (nSPS) is 10.9. The molecule has 4 rings (SSSR count). The maximum Gasteiger partial charge on any atom is 0.234 e. The van der Waals surface area contributed by atoms with E-state index in [-0.39, 0.29) is 11.7 Å². The van der Waals surface area contributed by atoms with Crippen molar-refractivity contribution in [3.63, 3.8) is 0 Å². The van der Waals surface area contributed by atoms with Gasteiger partial charge in [-0.05, 0) is 24.3 Å². The zero-order chi connectivity index (χ0) is 20.2. The molecule has 0 fully saturated rings. The quantitative estimate of drug-likeness (QED) is 0.302. The molecule has 1 N–H and O–H groups in total. The van der Waals surface area contributed by atoms with E-state index in [1.165, 1.54) is 11.8 Å². The van der Waals surface area contributed by atoms with Gasteiger partial charge in [0.2, 0.25) is 11.1 Å². The number of hydrogen-bond acceptors (Lipinski definition) is 7. The molecule has 0 atom stereocenters. The lowest BCUT2D eigenvalue weighted by atomic mass is 10.2. The molecular weight excluding hydrogens is 472 g/mol. The number of fused-ring (bicyclic) bond motifs is 1. The Balaban J connectivity index is 1.47. The van der Waals surface area contributed by atoms with Crippen LogP contribution in [0.1, 0.15) is 0 Å². The molecule has 4 aromatic rings. The Morgan fingerprint density at radius 1 is 1.24 bits per heavy atom. The van der Waals surface area contributed by atoms with Crippen molar-refractivity contribution < 1.29 is 4.79 Å². The van der Waals surface area contributed by atoms with E-state index >= 15 is 0 Å². The van der Waals surface area contributed by atoms with Gasteiger partial charge in [0, 0.05) is 10.0 Å². The van der Waals surface area contributed by atoms with Crippen LogP contribution < -0.4 is 5.32 Å².